The molecule has 97 valence electrons. The van der Waals surface area contributed by atoms with Crippen molar-refractivity contribution in [2.24, 2.45) is 0 Å². The van der Waals surface area contributed by atoms with Crippen LogP contribution in [0, 0.1) is 14.4 Å². The molecule has 0 saturated carbocycles. The molecular formula is C10H14N4O3Y-2. The molecule has 18 heavy (non-hydrogen) atoms. The summed E-state index contributed by atoms with van der Waals surface area (Å²) < 4.78 is 0. The molecule has 1 radical (unpaired) electrons. The van der Waals surface area contributed by atoms with Crippen LogP contribution in [0.2, 0.25) is 0 Å². The van der Waals surface area contributed by atoms with E-state index in [0.29, 0.717) is 5.69 Å². The summed E-state index contributed by atoms with van der Waals surface area (Å²) in [6.45, 7) is 2.94. The van der Waals surface area contributed by atoms with E-state index >= 15 is 0 Å². The first-order valence-corrected chi connectivity index (χ1v) is 4.52. The molecule has 1 rings (SSSR count). The van der Waals surface area contributed by atoms with Crippen molar-refractivity contribution in [2.45, 2.75) is 20.3 Å². The first kappa shape index (κ1) is 19.3. The van der Waals surface area contributed by atoms with Gasteiger partial charge in [0, 0.05) is 50.4 Å². The maximum absolute atomic E-state index is 11.5. The zero-order valence-corrected chi connectivity index (χ0v) is 13.3. The number of carbonyl (C=O) groups is 2. The van der Waals surface area contributed by atoms with Gasteiger partial charge in [-0.05, 0) is 13.8 Å². The smallest absolute Gasteiger partial charge is 0.254 e. The van der Waals surface area contributed by atoms with E-state index in [-0.39, 0.29) is 63.9 Å². The Kier molecular flexibility index (Phi) is 8.67. The van der Waals surface area contributed by atoms with Crippen LogP contribution in [0.4, 0.5) is 10.7 Å². The fourth-order valence-electron chi connectivity index (χ4n) is 1.23. The molecule has 1 heterocycles. The molecule has 8 heteroatoms. The molecular weight excluding hydrogens is 313 g/mol. The second-order valence-corrected chi connectivity index (χ2v) is 3.31. The Morgan fingerprint density at radius 2 is 2.00 bits per heavy atom. The topological polar surface area (TPSA) is 116 Å². The van der Waals surface area contributed by atoms with Gasteiger partial charge in [0.1, 0.15) is 11.7 Å². The molecule has 0 unspecified atom stereocenters. The van der Waals surface area contributed by atoms with Crippen LogP contribution in [-0.4, -0.2) is 21.8 Å². The van der Waals surface area contributed by atoms with Gasteiger partial charge in [-0.25, -0.2) is 4.98 Å². The number of ketones is 1. The number of nitrogens with zero attached hydrogens (tertiary/aromatic N) is 1. The van der Waals surface area contributed by atoms with Crippen LogP contribution in [0.15, 0.2) is 4.79 Å². The largest absolute Gasteiger partial charge is 0.447 e. The van der Waals surface area contributed by atoms with Crippen molar-refractivity contribution in [3.05, 3.63) is 34.8 Å². The number of carbonyl (C=O) groups excluding carboxylic acids is 2. The van der Waals surface area contributed by atoms with Crippen molar-refractivity contribution >= 4 is 17.8 Å². The minimum Gasteiger partial charge on any atom is -0.447 e. The average molecular weight is 327 g/mol. The van der Waals surface area contributed by atoms with E-state index in [2.05, 4.69) is 9.97 Å². The third-order valence-electron chi connectivity index (χ3n) is 1.88. The Morgan fingerprint density at radius 1 is 1.44 bits per heavy atom. The molecule has 1 aromatic rings. The number of hydrogen-bond acceptors (Lipinski definition) is 4. The van der Waals surface area contributed by atoms with Crippen molar-refractivity contribution in [3.63, 3.8) is 0 Å². The zero-order chi connectivity index (χ0) is 12.3. The van der Waals surface area contributed by atoms with Gasteiger partial charge in [-0.1, -0.05) is 0 Å². The molecule has 2 amide bonds. The van der Waals surface area contributed by atoms with E-state index in [0.717, 1.165) is 0 Å². The van der Waals surface area contributed by atoms with Gasteiger partial charge in [0.05, 0.1) is 0 Å². The molecule has 0 aliphatic carbocycles. The summed E-state index contributed by atoms with van der Waals surface area (Å²) in [4.78, 5) is 39.0. The summed E-state index contributed by atoms with van der Waals surface area (Å²) in [6.07, 6.45) is 0.00324. The van der Waals surface area contributed by atoms with E-state index in [1.807, 2.05) is 5.32 Å². The Morgan fingerprint density at radius 3 is 2.39 bits per heavy atom. The standard InChI is InChI=1S/C9H12N4O3.CH3.Y/c1-4(14)3-6-5(2)11-9(12-7(6)15)13-8(10)16;;/h3H2,1-2H3,(H4,10,11,12,13,15,16);1H3;/q;-1;/p-1. The number of H-pyrrole nitrogens is 1. The monoisotopic (exact) mass is 327 g/mol. The van der Waals surface area contributed by atoms with Crippen LogP contribution in [0.3, 0.4) is 0 Å². The summed E-state index contributed by atoms with van der Waals surface area (Å²) in [5.41, 5.74) is 6.81. The summed E-state index contributed by atoms with van der Waals surface area (Å²) in [5.74, 6) is -0.234. The number of anilines is 1. The Labute approximate surface area is 130 Å². The molecule has 0 bridgehead atoms. The summed E-state index contributed by atoms with van der Waals surface area (Å²) >= 11 is 0. The molecule has 0 aliphatic heterocycles. The van der Waals surface area contributed by atoms with Crippen molar-refractivity contribution in [3.8, 4) is 0 Å². The summed E-state index contributed by atoms with van der Waals surface area (Å²) in [7, 11) is 0. The van der Waals surface area contributed by atoms with Crippen LogP contribution in [0.5, 0.6) is 0 Å². The van der Waals surface area contributed by atoms with Gasteiger partial charge in [0.2, 0.25) is 0 Å². The Bertz CT molecular complexity index is 498. The van der Waals surface area contributed by atoms with E-state index in [1.54, 1.807) is 6.92 Å². The molecule has 0 saturated heterocycles. The molecule has 0 aliphatic rings. The van der Waals surface area contributed by atoms with Gasteiger partial charge < -0.3 is 23.5 Å². The van der Waals surface area contributed by atoms with Gasteiger partial charge >= 0.3 is 0 Å². The number of hydrogen-bond donors (Lipinski definition) is 2. The molecule has 0 aromatic carbocycles. The SMILES string of the molecule is CC(=O)Cc1c(C)nc(NC([NH-])=O)[nH]c1=O.[CH3-].[Y]. The van der Waals surface area contributed by atoms with Gasteiger partial charge in [-0.2, -0.15) is 0 Å². The molecule has 0 spiro atoms. The van der Waals surface area contributed by atoms with Crippen molar-refractivity contribution in [2.75, 3.05) is 5.32 Å². The third-order valence-corrected chi connectivity index (χ3v) is 1.88. The van der Waals surface area contributed by atoms with Crippen molar-refractivity contribution in [1.29, 1.82) is 0 Å². The molecule has 0 atom stereocenters. The number of Topliss-reactive ketones (excluding diaryl/α,β-unsaturated/α-hetero) is 1. The van der Waals surface area contributed by atoms with Crippen molar-refractivity contribution < 1.29 is 42.3 Å². The minimum absolute atomic E-state index is 0. The Balaban J connectivity index is 0. The second kappa shape index (κ2) is 8.10. The van der Waals surface area contributed by atoms with E-state index < -0.39 is 11.6 Å². The van der Waals surface area contributed by atoms with Gasteiger partial charge in [0.25, 0.3) is 5.56 Å². The van der Waals surface area contributed by atoms with Gasteiger partial charge in [0.15, 0.2) is 6.03 Å². The predicted molar refractivity (Wildman–Crippen MR) is 63.7 cm³/mol. The number of aromatic nitrogens is 2. The van der Waals surface area contributed by atoms with Crippen molar-refractivity contribution in [1.82, 2.24) is 9.97 Å². The van der Waals surface area contributed by atoms with Crippen LogP contribution < -0.4 is 10.9 Å². The number of aryl methyl sites for hydroxylation is 1. The summed E-state index contributed by atoms with van der Waals surface area (Å²) in [5, 5.41) is 2.04. The van der Waals surface area contributed by atoms with E-state index in [4.69, 9.17) is 5.73 Å². The summed E-state index contributed by atoms with van der Waals surface area (Å²) in [6, 6.07) is -1.07. The second-order valence-electron chi connectivity index (χ2n) is 3.31. The van der Waals surface area contributed by atoms with Crippen LogP contribution in [0.1, 0.15) is 18.2 Å². The third kappa shape index (κ3) is 5.51. The van der Waals surface area contributed by atoms with E-state index in [9.17, 15) is 14.4 Å². The molecule has 1 aromatic heterocycles. The first-order chi connectivity index (χ1) is 7.40. The Hall–Kier alpha value is -1.08. The van der Waals surface area contributed by atoms with Crippen LogP contribution >= 0.6 is 0 Å². The number of amides is 2. The zero-order valence-electron chi connectivity index (χ0n) is 10.5. The number of nitrogens with one attached hydrogen (secondary N) is 3. The predicted octanol–water partition coefficient (Wildman–Crippen LogP) is 1.24. The number of urea groups is 1. The number of rotatable bonds is 3. The van der Waals surface area contributed by atoms with Gasteiger partial charge in [-0.3, -0.25) is 14.4 Å². The minimum atomic E-state index is -1.07. The first-order valence-electron chi connectivity index (χ1n) is 4.52. The van der Waals surface area contributed by atoms with Crippen LogP contribution in [-0.2, 0) is 43.9 Å². The van der Waals surface area contributed by atoms with Crippen LogP contribution in [0.25, 0.3) is 5.73 Å². The molecule has 7 nitrogen and oxygen atoms in total. The average Bonchev–Trinajstić information content (AvgIpc) is 2.10. The maximum Gasteiger partial charge on any atom is 0.254 e. The fourth-order valence-corrected chi connectivity index (χ4v) is 1.23. The molecule has 3 N–H and O–H groups in total. The van der Waals surface area contributed by atoms with Gasteiger partial charge in [-0.15, -0.1) is 0 Å². The normalized spacial score (nSPS) is 8.78. The quantitative estimate of drug-likeness (QED) is 0.813. The number of aromatic amines is 1. The molecule has 0 fully saturated rings. The van der Waals surface area contributed by atoms with E-state index in [1.165, 1.54) is 6.92 Å². The fraction of sp³-hybridized carbons (Fsp3) is 0.300. The maximum atomic E-state index is 11.5.